The normalized spacial score (nSPS) is 11.6. The summed E-state index contributed by atoms with van der Waals surface area (Å²) in [6.45, 7) is 0.617. The van der Waals surface area contributed by atoms with Crippen LogP contribution in [0.2, 0.25) is 0 Å². The van der Waals surface area contributed by atoms with Crippen molar-refractivity contribution in [2.45, 2.75) is 11.8 Å². The predicted octanol–water partition coefficient (Wildman–Crippen LogP) is 0.214. The van der Waals surface area contributed by atoms with Gasteiger partial charge in [0, 0.05) is 19.7 Å². The number of rotatable bonds is 6. The van der Waals surface area contributed by atoms with Crippen LogP contribution in [0.3, 0.4) is 0 Å². The van der Waals surface area contributed by atoms with Crippen molar-refractivity contribution < 1.29 is 28.3 Å². The third kappa shape index (κ3) is 3.17. The number of aliphatic hydroxyl groups is 1. The number of likely N-dealkylation sites (N-methyl/N-ethyl adjacent to an activating group) is 1. The molecule has 0 aliphatic carbocycles. The van der Waals surface area contributed by atoms with Crippen LogP contribution >= 0.6 is 0 Å². The molecule has 0 aliphatic heterocycles. The molecule has 0 spiro atoms. The number of aliphatic hydroxyl groups excluding tert-OH is 1. The van der Waals surface area contributed by atoms with E-state index >= 15 is 0 Å². The molecule has 0 fully saturated rings. The number of sulfonamides is 1. The number of nitrogens with zero attached hydrogens (tertiary/aromatic N) is 2. The molecule has 10 heteroatoms. The molecule has 1 aromatic carbocycles. The third-order valence-corrected chi connectivity index (χ3v) is 4.87. The van der Waals surface area contributed by atoms with Crippen LogP contribution in [0.15, 0.2) is 17.0 Å². The lowest BCUT2D eigenvalue weighted by Gasteiger charge is -2.18. The number of nitro groups is 1. The number of carboxylic acids is 1. The third-order valence-electron chi connectivity index (χ3n) is 2.83. The summed E-state index contributed by atoms with van der Waals surface area (Å²) in [5.41, 5.74) is -1.61. The van der Waals surface area contributed by atoms with E-state index in [4.69, 9.17) is 10.2 Å². The Morgan fingerprint density at radius 2 is 2.00 bits per heavy atom. The number of hydrogen-bond donors (Lipinski definition) is 2. The first-order valence-electron chi connectivity index (χ1n) is 5.73. The number of hydrogen-bond acceptors (Lipinski definition) is 6. The second-order valence-corrected chi connectivity index (χ2v) is 6.20. The van der Waals surface area contributed by atoms with E-state index in [1.54, 1.807) is 0 Å². The summed E-state index contributed by atoms with van der Waals surface area (Å²) in [5.74, 6) is -1.71. The fraction of sp³-hybridized carbons (Fsp3) is 0.364. The topological polar surface area (TPSA) is 138 Å². The van der Waals surface area contributed by atoms with Crippen molar-refractivity contribution in [1.29, 1.82) is 0 Å². The second-order valence-electron chi connectivity index (χ2n) is 4.22. The van der Waals surface area contributed by atoms with Crippen molar-refractivity contribution in [1.82, 2.24) is 4.31 Å². The maximum Gasteiger partial charge on any atom is 0.344 e. The van der Waals surface area contributed by atoms with E-state index < -0.39 is 43.7 Å². The van der Waals surface area contributed by atoms with Crippen LogP contribution in [0.4, 0.5) is 5.69 Å². The van der Waals surface area contributed by atoms with Gasteiger partial charge in [-0.2, -0.15) is 4.31 Å². The molecule has 0 radical (unpaired) electrons. The van der Waals surface area contributed by atoms with E-state index in [0.717, 1.165) is 17.4 Å². The minimum atomic E-state index is -4.28. The van der Waals surface area contributed by atoms with Crippen LogP contribution in [0, 0.1) is 17.0 Å². The highest BCUT2D eigenvalue weighted by molar-refractivity contribution is 7.89. The SMILES string of the molecule is Cc1ccc([N+](=O)[O-])c(C(=O)O)c1S(=O)(=O)N(C)CCO. The molecule has 1 rings (SSSR count). The van der Waals surface area contributed by atoms with Crippen LogP contribution < -0.4 is 0 Å². The zero-order valence-corrected chi connectivity index (χ0v) is 12.1. The summed E-state index contributed by atoms with van der Waals surface area (Å²) in [7, 11) is -3.13. The molecule has 1 aromatic rings. The maximum absolute atomic E-state index is 12.4. The molecule has 0 atom stereocenters. The molecular formula is C11H14N2O7S. The molecule has 0 saturated carbocycles. The summed E-state index contributed by atoms with van der Waals surface area (Å²) in [6.07, 6.45) is 0. The fourth-order valence-electron chi connectivity index (χ4n) is 1.78. The fourth-order valence-corrected chi connectivity index (χ4v) is 3.34. The van der Waals surface area contributed by atoms with Gasteiger partial charge in [-0.05, 0) is 12.5 Å². The molecule has 21 heavy (non-hydrogen) atoms. The second kappa shape index (κ2) is 6.16. The van der Waals surface area contributed by atoms with Gasteiger partial charge in [0.25, 0.3) is 5.69 Å². The van der Waals surface area contributed by atoms with E-state index in [9.17, 15) is 23.3 Å². The van der Waals surface area contributed by atoms with E-state index in [0.29, 0.717) is 0 Å². The zero-order chi connectivity index (χ0) is 16.4. The van der Waals surface area contributed by atoms with Gasteiger partial charge in [0.15, 0.2) is 5.56 Å². The number of carbonyl (C=O) groups is 1. The number of aryl methyl sites for hydroxylation is 1. The first kappa shape index (κ1) is 17.0. The van der Waals surface area contributed by atoms with Gasteiger partial charge in [0.05, 0.1) is 11.5 Å². The monoisotopic (exact) mass is 318 g/mol. The van der Waals surface area contributed by atoms with Crippen molar-refractivity contribution >= 4 is 21.7 Å². The highest BCUT2D eigenvalue weighted by Gasteiger charge is 2.34. The number of carboxylic acid groups (broad SMARTS) is 1. The summed E-state index contributed by atoms with van der Waals surface area (Å²) in [5, 5.41) is 28.9. The van der Waals surface area contributed by atoms with Gasteiger partial charge in [-0.3, -0.25) is 10.1 Å². The van der Waals surface area contributed by atoms with E-state index in [-0.39, 0.29) is 12.1 Å². The number of benzene rings is 1. The van der Waals surface area contributed by atoms with Crippen molar-refractivity contribution in [2.24, 2.45) is 0 Å². The maximum atomic E-state index is 12.4. The molecule has 9 nitrogen and oxygen atoms in total. The van der Waals surface area contributed by atoms with E-state index in [2.05, 4.69) is 0 Å². The van der Waals surface area contributed by atoms with Crippen molar-refractivity contribution in [3.05, 3.63) is 33.4 Å². The van der Waals surface area contributed by atoms with Crippen LogP contribution in [0.5, 0.6) is 0 Å². The lowest BCUT2D eigenvalue weighted by atomic mass is 10.1. The van der Waals surface area contributed by atoms with Crippen molar-refractivity contribution in [3.8, 4) is 0 Å². The smallest absolute Gasteiger partial charge is 0.344 e. The Morgan fingerprint density at radius 1 is 1.43 bits per heavy atom. The Bertz CT molecular complexity index is 684. The highest BCUT2D eigenvalue weighted by Crippen LogP contribution is 2.30. The van der Waals surface area contributed by atoms with Gasteiger partial charge in [0.2, 0.25) is 10.0 Å². The minimum Gasteiger partial charge on any atom is -0.477 e. The predicted molar refractivity (Wildman–Crippen MR) is 71.7 cm³/mol. The van der Waals surface area contributed by atoms with E-state index in [1.165, 1.54) is 13.0 Å². The summed E-state index contributed by atoms with van der Waals surface area (Å²) >= 11 is 0. The number of aromatic carboxylic acids is 1. The Hall–Kier alpha value is -2.04. The number of nitro benzene ring substituents is 1. The average Bonchev–Trinajstić information content (AvgIpc) is 2.37. The van der Waals surface area contributed by atoms with Gasteiger partial charge in [-0.25, -0.2) is 13.2 Å². The van der Waals surface area contributed by atoms with Crippen LogP contribution in [0.1, 0.15) is 15.9 Å². The van der Waals surface area contributed by atoms with Gasteiger partial charge >= 0.3 is 5.97 Å². The lowest BCUT2D eigenvalue weighted by Crippen LogP contribution is -2.31. The molecule has 0 amide bonds. The Labute approximate surface area is 120 Å². The van der Waals surface area contributed by atoms with Gasteiger partial charge in [-0.15, -0.1) is 0 Å². The van der Waals surface area contributed by atoms with Crippen LogP contribution in [-0.2, 0) is 10.0 Å². The first-order valence-corrected chi connectivity index (χ1v) is 7.17. The Balaban J connectivity index is 3.73. The standard InChI is InChI=1S/C11H14N2O7S/c1-7-3-4-8(13(17)18)9(11(15)16)10(7)21(19,20)12(2)5-6-14/h3-4,14H,5-6H2,1-2H3,(H,15,16). The summed E-state index contributed by atoms with van der Waals surface area (Å²) < 4.78 is 25.5. The molecule has 0 unspecified atom stereocenters. The van der Waals surface area contributed by atoms with Crippen LogP contribution in [0.25, 0.3) is 0 Å². The molecule has 0 saturated heterocycles. The highest BCUT2D eigenvalue weighted by atomic mass is 32.2. The summed E-state index contributed by atoms with van der Waals surface area (Å²) in [4.78, 5) is 20.6. The summed E-state index contributed by atoms with van der Waals surface area (Å²) in [6, 6.07) is 2.12. The quantitative estimate of drug-likeness (QED) is 0.565. The van der Waals surface area contributed by atoms with Crippen molar-refractivity contribution in [3.63, 3.8) is 0 Å². The lowest BCUT2D eigenvalue weighted by molar-refractivity contribution is -0.385. The Morgan fingerprint density at radius 3 is 2.43 bits per heavy atom. The average molecular weight is 318 g/mol. The largest absolute Gasteiger partial charge is 0.477 e. The first-order chi connectivity index (χ1) is 9.64. The van der Waals surface area contributed by atoms with Gasteiger partial charge in [0.1, 0.15) is 4.90 Å². The molecule has 116 valence electrons. The minimum absolute atomic E-state index is 0.0720. The molecule has 0 aliphatic rings. The van der Waals surface area contributed by atoms with Crippen molar-refractivity contribution in [2.75, 3.05) is 20.2 Å². The molecule has 2 N–H and O–H groups in total. The van der Waals surface area contributed by atoms with Gasteiger partial charge < -0.3 is 10.2 Å². The van der Waals surface area contributed by atoms with Gasteiger partial charge in [-0.1, -0.05) is 6.07 Å². The molecule has 0 bridgehead atoms. The molecule has 0 heterocycles. The van der Waals surface area contributed by atoms with Crippen LogP contribution in [-0.4, -0.2) is 54.0 Å². The zero-order valence-electron chi connectivity index (χ0n) is 11.3. The Kier molecular flexibility index (Phi) is 4.99. The molecule has 0 aromatic heterocycles. The molecular weight excluding hydrogens is 304 g/mol. The van der Waals surface area contributed by atoms with E-state index in [1.807, 2.05) is 0 Å².